The molecule has 8 nitrogen and oxygen atoms in total. The van der Waals surface area contributed by atoms with Gasteiger partial charge in [0, 0.05) is 31.2 Å². The van der Waals surface area contributed by atoms with Crippen molar-refractivity contribution in [2.24, 2.45) is 16.6 Å². The summed E-state index contributed by atoms with van der Waals surface area (Å²) in [4.78, 5) is 14.0. The first-order chi connectivity index (χ1) is 14.5. The fourth-order valence-electron chi connectivity index (χ4n) is 3.50. The van der Waals surface area contributed by atoms with E-state index in [1.807, 2.05) is 12.1 Å². The minimum atomic E-state index is -3.34. The van der Waals surface area contributed by atoms with Gasteiger partial charge in [0.15, 0.2) is 5.96 Å². The molecule has 1 aromatic rings. The average Bonchev–Trinajstić information content (AvgIpc) is 2.76. The van der Waals surface area contributed by atoms with Gasteiger partial charge >= 0.3 is 0 Å². The van der Waals surface area contributed by atoms with Gasteiger partial charge in [-0.2, -0.15) is 0 Å². The minimum absolute atomic E-state index is 0.0656. The van der Waals surface area contributed by atoms with Gasteiger partial charge in [0.25, 0.3) is 0 Å². The van der Waals surface area contributed by atoms with E-state index in [-0.39, 0.29) is 5.75 Å². The van der Waals surface area contributed by atoms with Crippen molar-refractivity contribution in [3.63, 3.8) is 0 Å². The van der Waals surface area contributed by atoms with Crippen LogP contribution < -0.4 is 11.1 Å². The number of unbranched alkanes of at least 4 members (excludes halogenated alkanes) is 3. The van der Waals surface area contributed by atoms with Gasteiger partial charge in [-0.05, 0) is 50.7 Å². The third-order valence-electron chi connectivity index (χ3n) is 5.34. The number of aromatic nitrogens is 1. The standard InChI is InChI=1S/C21H37N5O3S/c1-2-30(27,28)26(29-18-19-10-6-5-7-11-19)17-9-4-3-8-14-24-21(22)25-20-12-15-23-16-13-20/h12-13,15-16,19H,2-11,14,17-18H2,1H3,(H3,22,23,24,25). The highest BCUT2D eigenvalue weighted by molar-refractivity contribution is 7.88. The molecule has 2 rings (SSSR count). The number of hydrogen-bond acceptors (Lipinski definition) is 5. The molecule has 1 aliphatic carbocycles. The monoisotopic (exact) mass is 439 g/mol. The molecule has 0 unspecified atom stereocenters. The van der Waals surface area contributed by atoms with Crippen LogP contribution in [0.25, 0.3) is 0 Å². The Morgan fingerprint density at radius 1 is 1.20 bits per heavy atom. The Bertz CT molecular complexity index is 721. The Balaban J connectivity index is 1.63. The first-order valence-corrected chi connectivity index (χ1v) is 12.7. The average molecular weight is 440 g/mol. The van der Waals surface area contributed by atoms with E-state index < -0.39 is 10.0 Å². The van der Waals surface area contributed by atoms with Crippen LogP contribution in [0.5, 0.6) is 0 Å². The maximum atomic E-state index is 12.3. The summed E-state index contributed by atoms with van der Waals surface area (Å²) in [5.74, 6) is 0.936. The summed E-state index contributed by atoms with van der Waals surface area (Å²) in [6.45, 7) is 3.23. The van der Waals surface area contributed by atoms with Crippen molar-refractivity contribution in [2.75, 3.05) is 30.8 Å². The molecule has 1 aromatic heterocycles. The van der Waals surface area contributed by atoms with Gasteiger partial charge in [0.05, 0.1) is 12.4 Å². The number of rotatable bonds is 13. The van der Waals surface area contributed by atoms with E-state index in [0.717, 1.165) is 44.2 Å². The normalized spacial score (nSPS) is 16.1. The van der Waals surface area contributed by atoms with Gasteiger partial charge in [-0.15, -0.1) is 0 Å². The second-order valence-corrected chi connectivity index (χ2v) is 9.92. The molecule has 0 aliphatic heterocycles. The van der Waals surface area contributed by atoms with Crippen molar-refractivity contribution in [3.8, 4) is 0 Å². The van der Waals surface area contributed by atoms with Crippen molar-refractivity contribution in [2.45, 2.75) is 64.7 Å². The van der Waals surface area contributed by atoms with Crippen molar-refractivity contribution >= 4 is 21.7 Å². The molecule has 1 saturated carbocycles. The second-order valence-electron chi connectivity index (χ2n) is 7.77. The van der Waals surface area contributed by atoms with Crippen LogP contribution in [0.1, 0.15) is 64.7 Å². The van der Waals surface area contributed by atoms with Gasteiger partial charge in [0.2, 0.25) is 10.0 Å². The lowest BCUT2D eigenvalue weighted by molar-refractivity contribution is -0.103. The lowest BCUT2D eigenvalue weighted by Gasteiger charge is -2.26. The zero-order valence-corrected chi connectivity index (χ0v) is 18.9. The number of nitrogens with one attached hydrogen (secondary N) is 1. The molecule has 0 aromatic carbocycles. The number of nitrogens with zero attached hydrogens (tertiary/aromatic N) is 3. The molecule has 0 saturated heterocycles. The predicted octanol–water partition coefficient (Wildman–Crippen LogP) is 3.53. The van der Waals surface area contributed by atoms with E-state index in [0.29, 0.717) is 31.6 Å². The number of hydrogen-bond donors (Lipinski definition) is 2. The third kappa shape index (κ3) is 9.40. The zero-order chi connectivity index (χ0) is 21.7. The fraction of sp³-hybridized carbons (Fsp3) is 0.714. The summed E-state index contributed by atoms with van der Waals surface area (Å²) in [5.41, 5.74) is 6.73. The Kier molecular flexibility index (Phi) is 11.1. The van der Waals surface area contributed by atoms with Crippen LogP contribution >= 0.6 is 0 Å². The summed E-state index contributed by atoms with van der Waals surface area (Å²) < 4.78 is 25.9. The van der Waals surface area contributed by atoms with E-state index in [4.69, 9.17) is 10.6 Å². The molecule has 0 atom stereocenters. The van der Waals surface area contributed by atoms with Crippen LogP contribution in [0, 0.1) is 5.92 Å². The largest absolute Gasteiger partial charge is 0.370 e. The van der Waals surface area contributed by atoms with Gasteiger partial charge in [-0.1, -0.05) is 36.6 Å². The highest BCUT2D eigenvalue weighted by Gasteiger charge is 2.23. The Hall–Kier alpha value is -1.71. The fourth-order valence-corrected chi connectivity index (χ4v) is 4.42. The molecule has 170 valence electrons. The van der Waals surface area contributed by atoms with Gasteiger partial charge in [0.1, 0.15) is 0 Å². The Labute approximate surface area is 181 Å². The van der Waals surface area contributed by atoms with E-state index >= 15 is 0 Å². The van der Waals surface area contributed by atoms with Gasteiger partial charge in [-0.3, -0.25) is 14.8 Å². The molecular weight excluding hydrogens is 402 g/mol. The second kappa shape index (κ2) is 13.6. The molecule has 0 radical (unpaired) electrons. The van der Waals surface area contributed by atoms with Crippen LogP contribution in [0.4, 0.5) is 5.69 Å². The number of hydroxylamine groups is 1. The summed E-state index contributed by atoms with van der Waals surface area (Å²) in [6.07, 6.45) is 13.0. The van der Waals surface area contributed by atoms with Crippen LogP contribution in [0.2, 0.25) is 0 Å². The minimum Gasteiger partial charge on any atom is -0.370 e. The number of sulfonamides is 1. The molecule has 3 N–H and O–H groups in total. The Morgan fingerprint density at radius 3 is 2.60 bits per heavy atom. The molecule has 1 aliphatic rings. The van der Waals surface area contributed by atoms with E-state index in [2.05, 4.69) is 15.3 Å². The molecule has 1 heterocycles. The molecule has 30 heavy (non-hydrogen) atoms. The van der Waals surface area contributed by atoms with Crippen LogP contribution in [0.15, 0.2) is 29.5 Å². The highest BCUT2D eigenvalue weighted by atomic mass is 32.2. The van der Waals surface area contributed by atoms with Gasteiger partial charge in [-0.25, -0.2) is 8.42 Å². The number of aliphatic imine (C=N–C) groups is 1. The molecule has 0 amide bonds. The van der Waals surface area contributed by atoms with E-state index in [1.54, 1.807) is 19.3 Å². The van der Waals surface area contributed by atoms with Gasteiger partial charge < -0.3 is 11.1 Å². The molecule has 0 spiro atoms. The third-order valence-corrected chi connectivity index (χ3v) is 6.98. The van der Waals surface area contributed by atoms with Crippen molar-refractivity contribution in [1.82, 2.24) is 9.45 Å². The van der Waals surface area contributed by atoms with Crippen molar-refractivity contribution < 1.29 is 13.3 Å². The number of guanidine groups is 1. The predicted molar refractivity (Wildman–Crippen MR) is 122 cm³/mol. The lowest BCUT2D eigenvalue weighted by atomic mass is 9.90. The number of pyridine rings is 1. The smallest absolute Gasteiger partial charge is 0.235 e. The van der Waals surface area contributed by atoms with Crippen molar-refractivity contribution in [1.29, 1.82) is 0 Å². The SMILES string of the molecule is CCS(=O)(=O)N(CCCCCCN=C(N)Nc1ccncc1)OCC1CCCCC1. The lowest BCUT2D eigenvalue weighted by Crippen LogP contribution is -2.35. The van der Waals surface area contributed by atoms with Crippen LogP contribution in [0.3, 0.4) is 0 Å². The topological polar surface area (TPSA) is 110 Å². The molecule has 1 fully saturated rings. The maximum absolute atomic E-state index is 12.3. The maximum Gasteiger partial charge on any atom is 0.235 e. The first-order valence-electron chi connectivity index (χ1n) is 11.1. The van der Waals surface area contributed by atoms with Crippen LogP contribution in [-0.2, 0) is 14.9 Å². The van der Waals surface area contributed by atoms with Crippen LogP contribution in [-0.4, -0.2) is 49.3 Å². The molecule has 9 heteroatoms. The molecule has 0 bridgehead atoms. The van der Waals surface area contributed by atoms with E-state index in [1.165, 1.54) is 23.7 Å². The van der Waals surface area contributed by atoms with E-state index in [9.17, 15) is 8.42 Å². The zero-order valence-electron chi connectivity index (χ0n) is 18.1. The first kappa shape index (κ1) is 24.6. The number of anilines is 1. The summed E-state index contributed by atoms with van der Waals surface area (Å²) in [5, 5.41) is 3.02. The Morgan fingerprint density at radius 2 is 1.90 bits per heavy atom. The quantitative estimate of drug-likeness (QED) is 0.211. The molecular formula is C21H37N5O3S. The summed E-state index contributed by atoms with van der Waals surface area (Å²) in [6, 6.07) is 3.66. The highest BCUT2D eigenvalue weighted by Crippen LogP contribution is 2.24. The van der Waals surface area contributed by atoms with Crippen molar-refractivity contribution in [3.05, 3.63) is 24.5 Å². The summed E-state index contributed by atoms with van der Waals surface area (Å²) >= 11 is 0. The summed E-state index contributed by atoms with van der Waals surface area (Å²) in [7, 11) is -3.34. The number of nitrogens with two attached hydrogens (primary N) is 1.